The molecule has 0 spiro atoms. The van der Waals surface area contributed by atoms with Gasteiger partial charge in [-0.25, -0.2) is 9.59 Å². The van der Waals surface area contributed by atoms with Crippen LogP contribution < -0.4 is 0 Å². The van der Waals surface area contributed by atoms with Crippen LogP contribution in [0.3, 0.4) is 0 Å². The van der Waals surface area contributed by atoms with Crippen LogP contribution in [0.4, 0.5) is 0 Å². The van der Waals surface area contributed by atoms with Gasteiger partial charge in [0.2, 0.25) is 11.8 Å². The molecule has 7 heteroatoms. The summed E-state index contributed by atoms with van der Waals surface area (Å²) < 4.78 is 5.52. The standard InChI is InChI=1S/C16H10N2O5/c19-15(20)11-5-1-3-9(7-11)13-17-18-14(23-13)10-4-2-6-12(8-10)16(21)22/h1-8H,(H,19,20)(H,21,22). The molecule has 0 atom stereocenters. The molecule has 0 bridgehead atoms. The second kappa shape index (κ2) is 5.72. The quantitative estimate of drug-likeness (QED) is 0.761. The van der Waals surface area contributed by atoms with Crippen molar-refractivity contribution in [3.63, 3.8) is 0 Å². The zero-order chi connectivity index (χ0) is 16.4. The van der Waals surface area contributed by atoms with Crippen LogP contribution in [0.5, 0.6) is 0 Å². The third kappa shape index (κ3) is 2.93. The maximum absolute atomic E-state index is 11.0. The van der Waals surface area contributed by atoms with Crippen molar-refractivity contribution >= 4 is 11.9 Å². The van der Waals surface area contributed by atoms with E-state index in [1.165, 1.54) is 24.3 Å². The van der Waals surface area contributed by atoms with Crippen molar-refractivity contribution in [3.8, 4) is 22.9 Å². The van der Waals surface area contributed by atoms with Gasteiger partial charge in [-0.05, 0) is 36.4 Å². The van der Waals surface area contributed by atoms with Crippen LogP contribution in [0, 0.1) is 0 Å². The van der Waals surface area contributed by atoms with Gasteiger partial charge in [-0.1, -0.05) is 12.1 Å². The Morgan fingerprint density at radius 1 is 0.783 bits per heavy atom. The Morgan fingerprint density at radius 2 is 1.22 bits per heavy atom. The molecule has 0 saturated heterocycles. The molecule has 3 aromatic rings. The van der Waals surface area contributed by atoms with Gasteiger partial charge in [0, 0.05) is 11.1 Å². The molecule has 0 aliphatic carbocycles. The normalized spacial score (nSPS) is 10.4. The fourth-order valence-corrected chi connectivity index (χ4v) is 2.03. The van der Waals surface area contributed by atoms with E-state index >= 15 is 0 Å². The molecule has 0 radical (unpaired) electrons. The molecule has 0 saturated carbocycles. The number of benzene rings is 2. The molecule has 0 aliphatic heterocycles. The van der Waals surface area contributed by atoms with Gasteiger partial charge in [-0.15, -0.1) is 10.2 Å². The molecule has 0 unspecified atom stereocenters. The van der Waals surface area contributed by atoms with Gasteiger partial charge < -0.3 is 14.6 Å². The lowest BCUT2D eigenvalue weighted by Gasteiger charge is -1.98. The van der Waals surface area contributed by atoms with Crippen molar-refractivity contribution in [1.82, 2.24) is 10.2 Å². The molecule has 2 aromatic carbocycles. The summed E-state index contributed by atoms with van der Waals surface area (Å²) in [6.45, 7) is 0. The van der Waals surface area contributed by atoms with Gasteiger partial charge in [0.1, 0.15) is 0 Å². The predicted molar refractivity (Wildman–Crippen MR) is 79.1 cm³/mol. The Balaban J connectivity index is 1.97. The zero-order valence-electron chi connectivity index (χ0n) is 11.6. The molecule has 0 amide bonds. The molecule has 114 valence electrons. The summed E-state index contributed by atoms with van der Waals surface area (Å²) in [6.07, 6.45) is 0. The number of aromatic carboxylic acids is 2. The first-order chi connectivity index (χ1) is 11.0. The number of hydrogen-bond donors (Lipinski definition) is 2. The average molecular weight is 310 g/mol. The molecule has 0 fully saturated rings. The minimum absolute atomic E-state index is 0.107. The van der Waals surface area contributed by atoms with E-state index in [0.717, 1.165) is 0 Å². The Labute approximate surface area is 129 Å². The smallest absolute Gasteiger partial charge is 0.335 e. The molecule has 2 N–H and O–H groups in total. The van der Waals surface area contributed by atoms with Crippen molar-refractivity contribution in [1.29, 1.82) is 0 Å². The van der Waals surface area contributed by atoms with Gasteiger partial charge in [-0.2, -0.15) is 0 Å². The lowest BCUT2D eigenvalue weighted by Crippen LogP contribution is -1.95. The number of aromatic nitrogens is 2. The molecule has 1 aromatic heterocycles. The largest absolute Gasteiger partial charge is 0.478 e. The van der Waals surface area contributed by atoms with Crippen LogP contribution in [0.1, 0.15) is 20.7 Å². The molecule has 23 heavy (non-hydrogen) atoms. The van der Waals surface area contributed by atoms with E-state index in [9.17, 15) is 9.59 Å². The molecule has 3 rings (SSSR count). The molecule has 0 aliphatic rings. The van der Waals surface area contributed by atoms with Crippen LogP contribution in [-0.4, -0.2) is 32.3 Å². The minimum atomic E-state index is -1.05. The monoisotopic (exact) mass is 310 g/mol. The van der Waals surface area contributed by atoms with Crippen molar-refractivity contribution in [3.05, 3.63) is 59.7 Å². The highest BCUT2D eigenvalue weighted by Gasteiger charge is 2.13. The highest BCUT2D eigenvalue weighted by Crippen LogP contribution is 2.25. The van der Waals surface area contributed by atoms with Gasteiger partial charge >= 0.3 is 11.9 Å². The zero-order valence-corrected chi connectivity index (χ0v) is 11.6. The van der Waals surface area contributed by atoms with Crippen molar-refractivity contribution in [2.75, 3.05) is 0 Å². The van der Waals surface area contributed by atoms with Crippen LogP contribution in [0.2, 0.25) is 0 Å². The fourth-order valence-electron chi connectivity index (χ4n) is 2.03. The summed E-state index contributed by atoms with van der Waals surface area (Å²) in [5.74, 6) is -1.80. The Hall–Kier alpha value is -3.48. The van der Waals surface area contributed by atoms with Gasteiger partial charge in [0.25, 0.3) is 0 Å². The summed E-state index contributed by atoms with van der Waals surface area (Å²) in [5, 5.41) is 25.8. The molecule has 7 nitrogen and oxygen atoms in total. The fraction of sp³-hybridized carbons (Fsp3) is 0. The predicted octanol–water partition coefficient (Wildman–Crippen LogP) is 2.80. The van der Waals surface area contributed by atoms with E-state index < -0.39 is 11.9 Å². The summed E-state index contributed by atoms with van der Waals surface area (Å²) in [7, 11) is 0. The number of carboxylic acid groups (broad SMARTS) is 2. The van der Waals surface area contributed by atoms with E-state index in [-0.39, 0.29) is 22.9 Å². The van der Waals surface area contributed by atoms with Crippen LogP contribution in [0.25, 0.3) is 22.9 Å². The lowest BCUT2D eigenvalue weighted by molar-refractivity contribution is 0.0686. The minimum Gasteiger partial charge on any atom is -0.478 e. The van der Waals surface area contributed by atoms with E-state index in [0.29, 0.717) is 11.1 Å². The second-order valence-corrected chi connectivity index (χ2v) is 4.68. The van der Waals surface area contributed by atoms with E-state index in [1.54, 1.807) is 24.3 Å². The first kappa shape index (κ1) is 14.5. The Bertz CT molecular complexity index is 829. The molecular formula is C16H10N2O5. The third-order valence-electron chi connectivity index (χ3n) is 3.14. The average Bonchev–Trinajstić information content (AvgIpc) is 3.05. The van der Waals surface area contributed by atoms with Gasteiger partial charge in [0.05, 0.1) is 11.1 Å². The first-order valence-corrected chi connectivity index (χ1v) is 6.55. The number of hydrogen-bond acceptors (Lipinski definition) is 5. The number of carbonyl (C=O) groups is 2. The van der Waals surface area contributed by atoms with Crippen LogP contribution in [-0.2, 0) is 0 Å². The van der Waals surface area contributed by atoms with Crippen molar-refractivity contribution < 1.29 is 24.2 Å². The maximum atomic E-state index is 11.0. The SMILES string of the molecule is O=C(O)c1cccc(-c2nnc(-c3cccc(C(=O)O)c3)o2)c1. The van der Waals surface area contributed by atoms with Crippen molar-refractivity contribution in [2.45, 2.75) is 0 Å². The molecular weight excluding hydrogens is 300 g/mol. The first-order valence-electron chi connectivity index (χ1n) is 6.55. The lowest BCUT2D eigenvalue weighted by atomic mass is 10.1. The number of nitrogens with zero attached hydrogens (tertiary/aromatic N) is 2. The third-order valence-corrected chi connectivity index (χ3v) is 3.14. The Kier molecular flexibility index (Phi) is 3.60. The summed E-state index contributed by atoms with van der Waals surface area (Å²) in [5.41, 5.74) is 1.15. The second-order valence-electron chi connectivity index (χ2n) is 4.68. The molecule has 1 heterocycles. The number of carboxylic acids is 2. The summed E-state index contributed by atoms with van der Waals surface area (Å²) in [6, 6.07) is 12.2. The summed E-state index contributed by atoms with van der Waals surface area (Å²) >= 11 is 0. The maximum Gasteiger partial charge on any atom is 0.335 e. The van der Waals surface area contributed by atoms with Gasteiger partial charge in [-0.3, -0.25) is 0 Å². The number of rotatable bonds is 4. The Morgan fingerprint density at radius 3 is 1.61 bits per heavy atom. The van der Waals surface area contributed by atoms with Crippen molar-refractivity contribution in [2.24, 2.45) is 0 Å². The topological polar surface area (TPSA) is 114 Å². The highest BCUT2D eigenvalue weighted by atomic mass is 16.4. The summed E-state index contributed by atoms with van der Waals surface area (Å²) in [4.78, 5) is 22.0. The van der Waals surface area contributed by atoms with E-state index in [1.807, 2.05) is 0 Å². The van der Waals surface area contributed by atoms with E-state index in [4.69, 9.17) is 14.6 Å². The van der Waals surface area contributed by atoms with Crippen LogP contribution in [0.15, 0.2) is 52.9 Å². The van der Waals surface area contributed by atoms with E-state index in [2.05, 4.69) is 10.2 Å². The van der Waals surface area contributed by atoms with Crippen LogP contribution >= 0.6 is 0 Å². The van der Waals surface area contributed by atoms with Gasteiger partial charge in [0.15, 0.2) is 0 Å². The highest BCUT2D eigenvalue weighted by molar-refractivity contribution is 5.89.